The molecule has 1 atom stereocenters. The number of primary amides is 1. The van der Waals surface area contributed by atoms with Crippen LogP contribution in [0.3, 0.4) is 0 Å². The van der Waals surface area contributed by atoms with Crippen LogP contribution >= 0.6 is 0 Å². The molecular weight excluding hydrogens is 318 g/mol. The van der Waals surface area contributed by atoms with Crippen LogP contribution in [-0.2, 0) is 9.59 Å². The number of nitrogens with two attached hydrogens (primary N) is 1. The Morgan fingerprint density at radius 3 is 2.48 bits per heavy atom. The van der Waals surface area contributed by atoms with Crippen molar-refractivity contribution < 1.29 is 14.4 Å². The van der Waals surface area contributed by atoms with E-state index in [2.05, 4.69) is 5.32 Å². The van der Waals surface area contributed by atoms with E-state index in [4.69, 9.17) is 5.73 Å². The van der Waals surface area contributed by atoms with Crippen LogP contribution in [0.1, 0.15) is 41.6 Å². The van der Waals surface area contributed by atoms with Crippen LogP contribution in [-0.4, -0.2) is 41.8 Å². The van der Waals surface area contributed by atoms with Gasteiger partial charge in [0.25, 0.3) is 5.91 Å². The SMILES string of the molecule is NC(=O)[C@H]1CCCN(C(=O)/C=C/c2ccc(C(=O)NC3CC3)cc2)C1. The van der Waals surface area contributed by atoms with Crippen LogP contribution in [0.25, 0.3) is 6.08 Å². The Hall–Kier alpha value is -2.63. The van der Waals surface area contributed by atoms with Crippen molar-refractivity contribution in [1.29, 1.82) is 0 Å². The summed E-state index contributed by atoms with van der Waals surface area (Å²) in [5.41, 5.74) is 6.81. The third-order valence-corrected chi connectivity index (χ3v) is 4.64. The van der Waals surface area contributed by atoms with Gasteiger partial charge < -0.3 is 16.0 Å². The molecule has 0 aromatic heterocycles. The summed E-state index contributed by atoms with van der Waals surface area (Å²) < 4.78 is 0. The second kappa shape index (κ2) is 7.51. The summed E-state index contributed by atoms with van der Waals surface area (Å²) in [6.45, 7) is 1.03. The van der Waals surface area contributed by atoms with Gasteiger partial charge in [0.15, 0.2) is 0 Å². The fourth-order valence-electron chi connectivity index (χ4n) is 2.92. The number of carbonyl (C=O) groups is 3. The van der Waals surface area contributed by atoms with Gasteiger partial charge in [-0.1, -0.05) is 12.1 Å². The molecule has 1 aromatic carbocycles. The molecule has 25 heavy (non-hydrogen) atoms. The third-order valence-electron chi connectivity index (χ3n) is 4.64. The van der Waals surface area contributed by atoms with Crippen LogP contribution in [0.4, 0.5) is 0 Å². The Labute approximate surface area is 147 Å². The largest absolute Gasteiger partial charge is 0.369 e. The molecule has 3 N–H and O–H groups in total. The number of piperidine rings is 1. The summed E-state index contributed by atoms with van der Waals surface area (Å²) >= 11 is 0. The Bertz CT molecular complexity index is 692. The molecule has 6 nitrogen and oxygen atoms in total. The van der Waals surface area contributed by atoms with E-state index in [9.17, 15) is 14.4 Å². The van der Waals surface area contributed by atoms with Gasteiger partial charge in [0, 0.05) is 30.8 Å². The zero-order valence-corrected chi connectivity index (χ0v) is 14.1. The first-order valence-electron chi connectivity index (χ1n) is 8.70. The fraction of sp³-hybridized carbons (Fsp3) is 0.421. The average molecular weight is 341 g/mol. The van der Waals surface area contributed by atoms with Gasteiger partial charge in [-0.05, 0) is 49.5 Å². The van der Waals surface area contributed by atoms with Crippen molar-refractivity contribution in [2.24, 2.45) is 11.7 Å². The quantitative estimate of drug-likeness (QED) is 0.791. The highest BCUT2D eigenvalue weighted by molar-refractivity contribution is 5.95. The van der Waals surface area contributed by atoms with Crippen LogP contribution in [0.5, 0.6) is 0 Å². The lowest BCUT2D eigenvalue weighted by molar-refractivity contribution is -0.130. The van der Waals surface area contributed by atoms with Gasteiger partial charge in [-0.25, -0.2) is 0 Å². The van der Waals surface area contributed by atoms with Gasteiger partial charge in [-0.2, -0.15) is 0 Å². The molecule has 3 amide bonds. The van der Waals surface area contributed by atoms with E-state index in [1.807, 2.05) is 12.1 Å². The lowest BCUT2D eigenvalue weighted by atomic mass is 9.97. The fourth-order valence-corrected chi connectivity index (χ4v) is 2.92. The second-order valence-electron chi connectivity index (χ2n) is 6.73. The molecule has 0 radical (unpaired) electrons. The molecule has 6 heteroatoms. The number of hydrogen-bond donors (Lipinski definition) is 2. The molecular formula is C19H23N3O3. The lowest BCUT2D eigenvalue weighted by Gasteiger charge is -2.30. The minimum atomic E-state index is -0.346. The molecule has 0 spiro atoms. The molecule has 3 rings (SSSR count). The number of rotatable bonds is 5. The Morgan fingerprint density at radius 1 is 1.12 bits per heavy atom. The van der Waals surface area contributed by atoms with Crippen LogP contribution in [0.15, 0.2) is 30.3 Å². The summed E-state index contributed by atoms with van der Waals surface area (Å²) in [5, 5.41) is 2.94. The average Bonchev–Trinajstić information content (AvgIpc) is 3.44. The summed E-state index contributed by atoms with van der Waals surface area (Å²) in [7, 11) is 0. The number of amides is 3. The smallest absolute Gasteiger partial charge is 0.251 e. The second-order valence-corrected chi connectivity index (χ2v) is 6.73. The van der Waals surface area contributed by atoms with E-state index >= 15 is 0 Å². The van der Waals surface area contributed by atoms with Crippen LogP contribution in [0.2, 0.25) is 0 Å². The Balaban J connectivity index is 1.56. The molecule has 2 aliphatic rings. The lowest BCUT2D eigenvalue weighted by Crippen LogP contribution is -2.43. The summed E-state index contributed by atoms with van der Waals surface area (Å²) in [6.07, 6.45) is 6.87. The molecule has 2 fully saturated rings. The molecule has 0 unspecified atom stereocenters. The van der Waals surface area contributed by atoms with E-state index in [1.54, 1.807) is 23.1 Å². The predicted molar refractivity (Wildman–Crippen MR) is 94.5 cm³/mol. The van der Waals surface area contributed by atoms with Gasteiger partial charge in [0.2, 0.25) is 11.8 Å². The van der Waals surface area contributed by atoms with E-state index in [1.165, 1.54) is 6.08 Å². The first-order chi connectivity index (χ1) is 12.0. The number of nitrogens with zero attached hydrogens (tertiary/aromatic N) is 1. The minimum absolute atomic E-state index is 0.0556. The number of carbonyl (C=O) groups excluding carboxylic acids is 3. The molecule has 1 aliphatic carbocycles. The number of nitrogens with one attached hydrogen (secondary N) is 1. The van der Waals surface area contributed by atoms with E-state index in [-0.39, 0.29) is 23.6 Å². The van der Waals surface area contributed by atoms with Gasteiger partial charge in [-0.3, -0.25) is 14.4 Å². The van der Waals surface area contributed by atoms with Crippen molar-refractivity contribution >= 4 is 23.8 Å². The minimum Gasteiger partial charge on any atom is -0.369 e. The van der Waals surface area contributed by atoms with Gasteiger partial charge in [0.1, 0.15) is 0 Å². The monoisotopic (exact) mass is 341 g/mol. The molecule has 1 aliphatic heterocycles. The maximum absolute atomic E-state index is 12.3. The van der Waals surface area contributed by atoms with Crippen molar-refractivity contribution in [1.82, 2.24) is 10.2 Å². The summed E-state index contributed by atoms with van der Waals surface area (Å²) in [5.74, 6) is -0.779. The normalized spacial score (nSPS) is 20.5. The van der Waals surface area contributed by atoms with Crippen molar-refractivity contribution in [3.63, 3.8) is 0 Å². The molecule has 1 aromatic rings. The molecule has 1 saturated heterocycles. The number of benzene rings is 1. The maximum atomic E-state index is 12.3. The van der Waals surface area contributed by atoms with Crippen molar-refractivity contribution in [3.05, 3.63) is 41.5 Å². The zero-order valence-electron chi connectivity index (χ0n) is 14.1. The molecule has 0 bridgehead atoms. The Morgan fingerprint density at radius 2 is 1.84 bits per heavy atom. The third kappa shape index (κ3) is 4.68. The highest BCUT2D eigenvalue weighted by atomic mass is 16.2. The van der Waals surface area contributed by atoms with E-state index in [0.29, 0.717) is 24.7 Å². The van der Waals surface area contributed by atoms with Crippen LogP contribution in [0, 0.1) is 5.92 Å². The summed E-state index contributed by atoms with van der Waals surface area (Å²) in [6, 6.07) is 7.47. The first-order valence-corrected chi connectivity index (χ1v) is 8.70. The maximum Gasteiger partial charge on any atom is 0.251 e. The topological polar surface area (TPSA) is 92.5 Å². The molecule has 1 heterocycles. The molecule has 132 valence electrons. The first kappa shape index (κ1) is 17.2. The Kier molecular flexibility index (Phi) is 5.16. The molecule has 1 saturated carbocycles. The van der Waals surface area contributed by atoms with Gasteiger partial charge in [-0.15, -0.1) is 0 Å². The highest BCUT2D eigenvalue weighted by Gasteiger charge is 2.26. The standard InChI is InChI=1S/C19H23N3O3/c20-18(24)15-2-1-11-22(12-15)17(23)10-5-13-3-6-14(7-4-13)19(25)21-16-8-9-16/h3-7,10,15-16H,1-2,8-9,11-12H2,(H2,20,24)(H,21,25)/b10-5+/t15-/m0/s1. The van der Waals surface area contributed by atoms with E-state index in [0.717, 1.165) is 31.2 Å². The van der Waals surface area contributed by atoms with E-state index < -0.39 is 0 Å². The van der Waals surface area contributed by atoms with Crippen molar-refractivity contribution in [3.8, 4) is 0 Å². The zero-order chi connectivity index (χ0) is 17.8. The van der Waals surface area contributed by atoms with Gasteiger partial charge >= 0.3 is 0 Å². The predicted octanol–water partition coefficient (Wildman–Crippen LogP) is 1.32. The number of hydrogen-bond acceptors (Lipinski definition) is 3. The highest BCUT2D eigenvalue weighted by Crippen LogP contribution is 2.19. The number of likely N-dealkylation sites (tertiary alicyclic amines) is 1. The summed E-state index contributed by atoms with van der Waals surface area (Å²) in [4.78, 5) is 37.2. The van der Waals surface area contributed by atoms with Gasteiger partial charge in [0.05, 0.1) is 5.92 Å². The van der Waals surface area contributed by atoms with Crippen molar-refractivity contribution in [2.75, 3.05) is 13.1 Å². The van der Waals surface area contributed by atoms with Crippen LogP contribution < -0.4 is 11.1 Å². The van der Waals surface area contributed by atoms with Crippen molar-refractivity contribution in [2.45, 2.75) is 31.7 Å².